The number of rotatable bonds is 18. The van der Waals surface area contributed by atoms with E-state index in [0.29, 0.717) is 35.0 Å². The molecule has 0 unspecified atom stereocenters. The maximum atomic E-state index is 12.8. The van der Waals surface area contributed by atoms with Crippen LogP contribution in [-0.2, 0) is 9.53 Å². The molecule has 0 aromatic rings. The molecule has 0 N–H and O–H groups in total. The molecule has 0 saturated heterocycles. The minimum absolute atomic E-state index is 0.0686. The van der Waals surface area contributed by atoms with Gasteiger partial charge in [-0.2, -0.15) is 0 Å². The lowest BCUT2D eigenvalue weighted by atomic mass is 9.47. The third-order valence-corrected chi connectivity index (χ3v) is 14.0. The summed E-state index contributed by atoms with van der Waals surface area (Å²) in [5, 5.41) is 0. The van der Waals surface area contributed by atoms with Crippen molar-refractivity contribution in [3.8, 4) is 0 Å². The molecule has 45 heavy (non-hydrogen) atoms. The topological polar surface area (TPSA) is 26.3 Å². The summed E-state index contributed by atoms with van der Waals surface area (Å²) >= 11 is 0. The Labute approximate surface area is 280 Å². The monoisotopic (exact) mass is 623 g/mol. The summed E-state index contributed by atoms with van der Waals surface area (Å²) in [5.74, 6) is 5.13. The van der Waals surface area contributed by atoms with Crippen molar-refractivity contribution in [3.63, 3.8) is 0 Å². The first-order valence-electron chi connectivity index (χ1n) is 20.2. The number of esters is 1. The van der Waals surface area contributed by atoms with E-state index in [1.807, 2.05) is 5.57 Å². The predicted molar refractivity (Wildman–Crippen MR) is 193 cm³/mol. The second-order valence-electron chi connectivity index (χ2n) is 17.3. The smallest absolute Gasteiger partial charge is 0.306 e. The minimum atomic E-state index is 0.0686. The van der Waals surface area contributed by atoms with E-state index in [2.05, 4.69) is 66.7 Å². The van der Waals surface area contributed by atoms with Gasteiger partial charge in [0.05, 0.1) is 0 Å². The van der Waals surface area contributed by atoms with Crippen molar-refractivity contribution >= 4 is 5.97 Å². The van der Waals surface area contributed by atoms with Gasteiger partial charge in [0.1, 0.15) is 6.10 Å². The summed E-state index contributed by atoms with van der Waals surface area (Å²) < 4.78 is 6.14. The number of allylic oxidation sites excluding steroid dienone is 4. The van der Waals surface area contributed by atoms with Crippen LogP contribution in [0.25, 0.3) is 0 Å². The first-order valence-corrected chi connectivity index (χ1v) is 20.2. The lowest BCUT2D eigenvalue weighted by molar-refractivity contribution is -0.155. The van der Waals surface area contributed by atoms with Crippen LogP contribution < -0.4 is 0 Å². The van der Waals surface area contributed by atoms with Gasteiger partial charge in [0, 0.05) is 6.42 Å². The van der Waals surface area contributed by atoms with E-state index < -0.39 is 0 Å². The van der Waals surface area contributed by atoms with E-state index in [1.54, 1.807) is 0 Å². The van der Waals surface area contributed by atoms with Gasteiger partial charge in [-0.15, -0.1) is 0 Å². The van der Waals surface area contributed by atoms with Crippen LogP contribution in [-0.4, -0.2) is 12.1 Å². The van der Waals surface area contributed by atoms with E-state index in [-0.39, 0.29) is 12.1 Å². The van der Waals surface area contributed by atoms with E-state index in [4.69, 9.17) is 4.74 Å². The highest BCUT2D eigenvalue weighted by atomic mass is 16.5. The zero-order valence-electron chi connectivity index (χ0n) is 31.0. The molecule has 2 nitrogen and oxygen atoms in total. The molecule has 0 bridgehead atoms. The molecule has 3 fully saturated rings. The average Bonchev–Trinajstić information content (AvgIpc) is 3.37. The van der Waals surface area contributed by atoms with E-state index in [1.165, 1.54) is 109 Å². The second kappa shape index (κ2) is 17.4. The first kappa shape index (κ1) is 36.8. The van der Waals surface area contributed by atoms with Crippen molar-refractivity contribution < 1.29 is 9.53 Å². The van der Waals surface area contributed by atoms with Crippen LogP contribution in [0.5, 0.6) is 0 Å². The van der Waals surface area contributed by atoms with E-state index in [9.17, 15) is 4.79 Å². The van der Waals surface area contributed by atoms with Crippen LogP contribution >= 0.6 is 0 Å². The predicted octanol–water partition coefficient (Wildman–Crippen LogP) is 13.1. The van der Waals surface area contributed by atoms with Gasteiger partial charge >= 0.3 is 5.97 Å². The second-order valence-corrected chi connectivity index (χ2v) is 17.3. The van der Waals surface area contributed by atoms with Gasteiger partial charge in [0.15, 0.2) is 0 Å². The third-order valence-electron chi connectivity index (χ3n) is 14.0. The number of carbonyl (C=O) groups is 1. The zero-order valence-corrected chi connectivity index (χ0v) is 31.0. The van der Waals surface area contributed by atoms with Crippen LogP contribution in [0.1, 0.15) is 183 Å². The van der Waals surface area contributed by atoms with Crippen LogP contribution in [0.15, 0.2) is 23.8 Å². The highest BCUT2D eigenvalue weighted by molar-refractivity contribution is 5.69. The molecule has 4 aliphatic carbocycles. The Morgan fingerprint density at radius 3 is 2.04 bits per heavy atom. The summed E-state index contributed by atoms with van der Waals surface area (Å²) in [6.07, 6.45) is 34.6. The molecule has 0 aromatic carbocycles. The van der Waals surface area contributed by atoms with Gasteiger partial charge in [0.2, 0.25) is 0 Å². The Morgan fingerprint density at radius 2 is 1.40 bits per heavy atom. The minimum Gasteiger partial charge on any atom is -0.462 e. The van der Waals surface area contributed by atoms with Gasteiger partial charge in [-0.05, 0) is 110 Å². The SMILES string of the molecule is CCCCCCCCCCCCCCC(=O)O[C@@H]1CC[C@]2(C)[C@H](CC=C3[C@@H]4CC[C@H]([C@H](C)/C=C/[C@H](C)C(C)C)[C@]4(C)CC[C@@H]32)C1. The van der Waals surface area contributed by atoms with Crippen LogP contribution in [0.2, 0.25) is 0 Å². The zero-order chi connectivity index (χ0) is 32.5. The van der Waals surface area contributed by atoms with Crippen LogP contribution in [0.4, 0.5) is 0 Å². The molecule has 3 saturated carbocycles. The third kappa shape index (κ3) is 9.31. The van der Waals surface area contributed by atoms with Gasteiger partial charge < -0.3 is 4.74 Å². The molecule has 4 aliphatic rings. The number of carbonyl (C=O) groups excluding carboxylic acids is 1. The van der Waals surface area contributed by atoms with E-state index >= 15 is 0 Å². The lowest BCUT2D eigenvalue weighted by Crippen LogP contribution is -2.50. The molecule has 0 radical (unpaired) electrons. The quantitative estimate of drug-likeness (QED) is 0.0863. The van der Waals surface area contributed by atoms with Gasteiger partial charge in [-0.1, -0.05) is 143 Å². The number of ether oxygens (including phenoxy) is 1. The van der Waals surface area contributed by atoms with Crippen molar-refractivity contribution in [2.75, 3.05) is 0 Å². The summed E-state index contributed by atoms with van der Waals surface area (Å²) in [7, 11) is 0. The van der Waals surface area contributed by atoms with Crippen molar-refractivity contribution in [1.82, 2.24) is 0 Å². The molecule has 0 aromatic heterocycles. The molecular weight excluding hydrogens is 548 g/mol. The standard InChI is InChI=1S/C43H74O2/c1-8-9-10-11-12-13-14-15-16-17-18-19-20-41(44)45-36-27-29-42(6)35(31-36)23-24-37-39-26-25-38(43(39,7)30-28-40(37)42)34(5)22-21-33(4)32(2)3/h21-22,24,32-36,38-40H,8-20,23,25-31H2,1-7H3/b22-21+/t33-,34+,35+,36+,38+,39-,40-,42+,43-/m0/s1. The molecule has 258 valence electrons. The molecule has 0 aliphatic heterocycles. The Balaban J connectivity index is 1.19. The maximum Gasteiger partial charge on any atom is 0.306 e. The highest BCUT2D eigenvalue weighted by Gasteiger charge is 2.58. The normalized spacial score (nSPS) is 34.2. The Hall–Kier alpha value is -1.05. The number of hydrogen-bond donors (Lipinski definition) is 0. The maximum absolute atomic E-state index is 12.8. The molecule has 0 spiro atoms. The van der Waals surface area contributed by atoms with Crippen molar-refractivity contribution in [2.24, 2.45) is 52.3 Å². The van der Waals surface area contributed by atoms with Crippen molar-refractivity contribution in [2.45, 2.75) is 189 Å². The summed E-state index contributed by atoms with van der Waals surface area (Å²) in [4.78, 5) is 12.8. The van der Waals surface area contributed by atoms with Crippen LogP contribution in [0, 0.1) is 52.3 Å². The number of fused-ring (bicyclic) bond motifs is 5. The fourth-order valence-electron chi connectivity index (χ4n) is 10.5. The summed E-state index contributed by atoms with van der Waals surface area (Å²) in [5.41, 5.74) is 2.69. The average molecular weight is 623 g/mol. The van der Waals surface area contributed by atoms with Crippen molar-refractivity contribution in [3.05, 3.63) is 23.8 Å². The summed E-state index contributed by atoms with van der Waals surface area (Å²) in [6, 6.07) is 0. The molecule has 4 rings (SSSR count). The Bertz CT molecular complexity index is 961. The Morgan fingerprint density at radius 1 is 0.800 bits per heavy atom. The molecule has 0 amide bonds. The molecule has 9 atom stereocenters. The highest BCUT2D eigenvalue weighted by Crippen LogP contribution is 2.67. The molecule has 0 heterocycles. The van der Waals surface area contributed by atoms with Crippen molar-refractivity contribution in [1.29, 1.82) is 0 Å². The number of hydrogen-bond acceptors (Lipinski definition) is 2. The summed E-state index contributed by atoms with van der Waals surface area (Å²) in [6.45, 7) is 17.1. The first-order chi connectivity index (χ1) is 21.6. The Kier molecular flexibility index (Phi) is 14.2. The van der Waals surface area contributed by atoms with Crippen LogP contribution in [0.3, 0.4) is 0 Å². The lowest BCUT2D eigenvalue weighted by Gasteiger charge is -2.58. The van der Waals surface area contributed by atoms with Gasteiger partial charge in [-0.3, -0.25) is 4.79 Å². The van der Waals surface area contributed by atoms with E-state index in [0.717, 1.165) is 42.9 Å². The van der Waals surface area contributed by atoms with Gasteiger partial charge in [-0.25, -0.2) is 0 Å². The van der Waals surface area contributed by atoms with Gasteiger partial charge in [0.25, 0.3) is 0 Å². The molecular formula is C43H74O2. The fraction of sp³-hybridized carbons (Fsp3) is 0.884. The largest absolute Gasteiger partial charge is 0.462 e. The number of unbranched alkanes of at least 4 members (excludes halogenated alkanes) is 11. The molecule has 2 heteroatoms. The fourth-order valence-corrected chi connectivity index (χ4v) is 10.5.